The minimum Gasteiger partial charge on any atom is -0.493 e. The van der Waals surface area contributed by atoms with Crippen LogP contribution in [-0.4, -0.2) is 73.4 Å². The normalized spacial score (nSPS) is 15.0. The lowest BCUT2D eigenvalue weighted by Crippen LogP contribution is -2.53. The van der Waals surface area contributed by atoms with Crippen LogP contribution in [0.3, 0.4) is 0 Å². The summed E-state index contributed by atoms with van der Waals surface area (Å²) in [7, 11) is 3.15. The monoisotopic (exact) mass is 725 g/mol. The van der Waals surface area contributed by atoms with Crippen LogP contribution in [0, 0.1) is 5.41 Å². The second-order valence-electron chi connectivity index (χ2n) is 14.1. The maximum Gasteiger partial charge on any atom is 0.329 e. The number of piperidine rings is 1. The van der Waals surface area contributed by atoms with Gasteiger partial charge in [-0.15, -0.1) is 0 Å². The summed E-state index contributed by atoms with van der Waals surface area (Å²) in [6.45, 7) is 5.95. The number of hydrogen-bond donors (Lipinski definition) is 2. The number of aromatic amines is 1. The molecule has 3 aromatic carbocycles. The molecule has 282 valence electrons. The Morgan fingerprint density at radius 1 is 0.943 bits per heavy atom. The zero-order valence-electron chi connectivity index (χ0n) is 31.4. The number of para-hydroxylation sites is 1. The van der Waals surface area contributed by atoms with Crippen LogP contribution in [0.4, 0.5) is 0 Å². The van der Waals surface area contributed by atoms with Gasteiger partial charge in [0.05, 0.1) is 14.2 Å². The van der Waals surface area contributed by atoms with Gasteiger partial charge in [-0.1, -0.05) is 57.2 Å². The Kier molecular flexibility index (Phi) is 13.2. The lowest BCUT2D eigenvalue weighted by molar-refractivity contribution is -0.164. The zero-order chi connectivity index (χ0) is 38.0. The van der Waals surface area contributed by atoms with Crippen LogP contribution >= 0.6 is 0 Å². The van der Waals surface area contributed by atoms with E-state index < -0.39 is 35.2 Å². The maximum absolute atomic E-state index is 13.9. The quantitative estimate of drug-likeness (QED) is 0.0928. The van der Waals surface area contributed by atoms with Crippen molar-refractivity contribution in [3.8, 4) is 17.2 Å². The minimum absolute atomic E-state index is 0.186. The summed E-state index contributed by atoms with van der Waals surface area (Å²) in [6, 6.07) is 20.0. The van der Waals surface area contributed by atoms with Gasteiger partial charge in [-0.3, -0.25) is 14.4 Å². The molecule has 11 nitrogen and oxygen atoms in total. The number of benzene rings is 3. The Morgan fingerprint density at radius 2 is 1.74 bits per heavy atom. The smallest absolute Gasteiger partial charge is 0.329 e. The molecular weight excluding hydrogens is 674 g/mol. The number of Topliss-reactive ketones (excluding diaryl/α,β-unsaturated/α-hetero) is 1. The number of esters is 1. The van der Waals surface area contributed by atoms with Crippen molar-refractivity contribution in [2.75, 3.05) is 33.9 Å². The van der Waals surface area contributed by atoms with Crippen LogP contribution in [0.15, 0.2) is 72.9 Å². The molecule has 1 saturated heterocycles. The molecule has 1 fully saturated rings. The number of aromatic nitrogens is 1. The van der Waals surface area contributed by atoms with Crippen LogP contribution in [0.2, 0.25) is 0 Å². The number of fused-ring (bicyclic) bond motifs is 1. The topological polar surface area (TPSA) is 136 Å². The second kappa shape index (κ2) is 17.9. The van der Waals surface area contributed by atoms with E-state index in [9.17, 15) is 19.2 Å². The molecule has 4 aromatic rings. The van der Waals surface area contributed by atoms with Crippen molar-refractivity contribution in [2.24, 2.45) is 5.41 Å². The number of carbonyl (C=O) groups excluding carboxylic acids is 4. The largest absolute Gasteiger partial charge is 0.493 e. The number of methoxy groups -OCH3 is 2. The number of nitrogens with one attached hydrogen (secondary N) is 2. The van der Waals surface area contributed by atoms with E-state index in [1.54, 1.807) is 46.3 Å². The van der Waals surface area contributed by atoms with Gasteiger partial charge in [0.25, 0.3) is 11.8 Å². The van der Waals surface area contributed by atoms with Gasteiger partial charge in [-0.05, 0) is 92.0 Å². The lowest BCUT2D eigenvalue weighted by Gasteiger charge is -2.36. The third-order valence-corrected chi connectivity index (χ3v) is 10.1. The molecule has 2 atom stereocenters. The van der Waals surface area contributed by atoms with E-state index in [0.29, 0.717) is 74.4 Å². The number of rotatable bonds is 17. The summed E-state index contributed by atoms with van der Waals surface area (Å²) < 4.78 is 23.0. The van der Waals surface area contributed by atoms with Gasteiger partial charge in [0.2, 0.25) is 5.78 Å². The highest BCUT2D eigenvalue weighted by Gasteiger charge is 2.41. The Bertz CT molecular complexity index is 1900. The summed E-state index contributed by atoms with van der Waals surface area (Å²) >= 11 is 0. The first-order chi connectivity index (χ1) is 25.5. The minimum atomic E-state index is -0.871. The highest BCUT2D eigenvalue weighted by Crippen LogP contribution is 2.33. The first-order valence-corrected chi connectivity index (χ1v) is 18.4. The first kappa shape index (κ1) is 38.9. The van der Waals surface area contributed by atoms with Crippen molar-refractivity contribution in [1.82, 2.24) is 15.2 Å². The van der Waals surface area contributed by atoms with E-state index in [4.69, 9.17) is 18.9 Å². The maximum atomic E-state index is 13.9. The van der Waals surface area contributed by atoms with Gasteiger partial charge in [-0.2, -0.15) is 0 Å². The summed E-state index contributed by atoms with van der Waals surface area (Å²) in [5, 5.41) is 4.06. The molecule has 11 heteroatoms. The number of carbonyl (C=O) groups is 4. The van der Waals surface area contributed by atoms with Crippen molar-refractivity contribution < 1.29 is 38.1 Å². The summed E-state index contributed by atoms with van der Waals surface area (Å²) in [4.78, 5) is 57.9. The Morgan fingerprint density at radius 3 is 2.51 bits per heavy atom. The fourth-order valence-corrected chi connectivity index (χ4v) is 6.53. The Labute approximate surface area is 311 Å². The number of H-pyrrole nitrogens is 1. The molecule has 2 amide bonds. The van der Waals surface area contributed by atoms with E-state index in [1.807, 2.05) is 55.6 Å². The average molecular weight is 726 g/mol. The van der Waals surface area contributed by atoms with Gasteiger partial charge in [-0.25, -0.2) is 4.79 Å². The molecule has 2 heterocycles. The van der Waals surface area contributed by atoms with E-state index in [0.717, 1.165) is 28.5 Å². The molecule has 0 bridgehead atoms. The molecule has 2 N–H and O–H groups in total. The van der Waals surface area contributed by atoms with E-state index in [2.05, 4.69) is 16.4 Å². The van der Waals surface area contributed by atoms with Gasteiger partial charge < -0.3 is 34.1 Å². The van der Waals surface area contributed by atoms with Crippen LogP contribution in [0.1, 0.15) is 75.7 Å². The predicted molar refractivity (Wildman–Crippen MR) is 202 cm³/mol. The standard InChI is InChI=1S/C42H51N3O8/c1-6-42(2,3)39(47)40(48)45-23-10-9-16-34(45)41(49)53-35(19-17-28-18-20-36(50-4)37(24-28)51-5)29-12-11-13-31(25-29)52-27-38(46)43-22-21-30-26-44-33-15-8-7-14-32(30)33/h7-8,11-15,18,20,24-26,34-35,44H,6,9-10,16-17,19,21-23,27H2,1-5H3,(H,43,46). The fraction of sp³-hybridized carbons (Fsp3) is 0.429. The molecule has 0 aliphatic carbocycles. The molecule has 0 saturated carbocycles. The van der Waals surface area contributed by atoms with Gasteiger partial charge in [0, 0.05) is 35.6 Å². The van der Waals surface area contributed by atoms with E-state index >= 15 is 0 Å². The molecule has 1 aliphatic rings. The van der Waals surface area contributed by atoms with Crippen molar-refractivity contribution in [1.29, 1.82) is 0 Å². The number of ketones is 1. The number of aryl methyl sites for hydroxylation is 1. The van der Waals surface area contributed by atoms with Gasteiger partial charge >= 0.3 is 5.97 Å². The molecule has 5 rings (SSSR count). The van der Waals surface area contributed by atoms with Crippen molar-refractivity contribution in [2.45, 2.75) is 77.9 Å². The molecule has 1 aliphatic heterocycles. The highest BCUT2D eigenvalue weighted by molar-refractivity contribution is 6.38. The van der Waals surface area contributed by atoms with Crippen molar-refractivity contribution in [3.63, 3.8) is 0 Å². The molecule has 2 unspecified atom stereocenters. The van der Waals surface area contributed by atoms with Crippen LogP contribution in [0.5, 0.6) is 17.2 Å². The number of amides is 2. The SMILES string of the molecule is CCC(C)(C)C(=O)C(=O)N1CCCCC1C(=O)OC(CCc1ccc(OC)c(OC)c1)c1cccc(OCC(=O)NCCc2c[nH]c3ccccc23)c1. The first-order valence-electron chi connectivity index (χ1n) is 18.4. The third kappa shape index (κ3) is 9.77. The number of hydrogen-bond acceptors (Lipinski definition) is 8. The fourth-order valence-electron chi connectivity index (χ4n) is 6.53. The van der Waals surface area contributed by atoms with Crippen LogP contribution in [-0.2, 0) is 36.8 Å². The molecule has 53 heavy (non-hydrogen) atoms. The Balaban J connectivity index is 1.28. The van der Waals surface area contributed by atoms with E-state index in [1.165, 1.54) is 4.90 Å². The van der Waals surface area contributed by atoms with Crippen LogP contribution in [0.25, 0.3) is 10.9 Å². The van der Waals surface area contributed by atoms with Crippen molar-refractivity contribution >= 4 is 34.5 Å². The predicted octanol–water partition coefficient (Wildman–Crippen LogP) is 6.53. The second-order valence-corrected chi connectivity index (χ2v) is 14.1. The molecule has 1 aromatic heterocycles. The number of likely N-dealkylation sites (tertiary alicyclic amines) is 1. The molecule has 0 radical (unpaired) electrons. The van der Waals surface area contributed by atoms with E-state index in [-0.39, 0.29) is 12.5 Å². The third-order valence-electron chi connectivity index (χ3n) is 10.1. The van der Waals surface area contributed by atoms with Crippen LogP contribution < -0.4 is 19.5 Å². The van der Waals surface area contributed by atoms with Gasteiger partial charge in [0.1, 0.15) is 17.9 Å². The number of ether oxygens (including phenoxy) is 4. The van der Waals surface area contributed by atoms with Crippen molar-refractivity contribution in [3.05, 3.63) is 89.6 Å². The summed E-state index contributed by atoms with van der Waals surface area (Å²) in [6.07, 6.45) is 5.20. The molecular formula is C42H51N3O8. The lowest BCUT2D eigenvalue weighted by atomic mass is 9.84. The highest BCUT2D eigenvalue weighted by atomic mass is 16.5. The summed E-state index contributed by atoms with van der Waals surface area (Å²) in [5.41, 5.74) is 2.97. The summed E-state index contributed by atoms with van der Waals surface area (Å²) in [5.74, 6) is -0.318. The zero-order valence-corrected chi connectivity index (χ0v) is 31.4. The Hall–Kier alpha value is -5.32. The van der Waals surface area contributed by atoms with Gasteiger partial charge in [0.15, 0.2) is 18.1 Å². The average Bonchev–Trinajstić information content (AvgIpc) is 3.60. The molecule has 0 spiro atoms. The number of nitrogens with zero attached hydrogens (tertiary/aromatic N) is 1.